The Kier molecular flexibility index (Phi) is 8.28. The van der Waals surface area contributed by atoms with Crippen LogP contribution < -0.4 is 10.6 Å². The lowest BCUT2D eigenvalue weighted by molar-refractivity contribution is -0.119. The number of hydrogen-bond donors (Lipinski definition) is 2. The number of aromatic nitrogens is 2. The van der Waals surface area contributed by atoms with E-state index in [0.29, 0.717) is 11.7 Å². The molecule has 0 saturated carbocycles. The Bertz CT molecular complexity index is 926. The van der Waals surface area contributed by atoms with Gasteiger partial charge >= 0.3 is 0 Å². The molecular weight excluding hydrogens is 412 g/mol. The predicted octanol–water partition coefficient (Wildman–Crippen LogP) is 5.63. The molecule has 0 aliphatic heterocycles. The fourth-order valence-electron chi connectivity index (χ4n) is 2.94. The molecule has 7 heteroatoms. The quantitative estimate of drug-likeness (QED) is 0.400. The summed E-state index contributed by atoms with van der Waals surface area (Å²) in [6.07, 6.45) is 1.88. The number of benzene rings is 2. The average Bonchev–Trinajstić information content (AvgIpc) is 3.19. The van der Waals surface area contributed by atoms with Crippen LogP contribution in [-0.2, 0) is 11.2 Å². The van der Waals surface area contributed by atoms with Gasteiger partial charge in [0.2, 0.25) is 11.0 Å². The maximum Gasteiger partial charge on any atom is 0.230 e. The molecule has 0 bridgehead atoms. The van der Waals surface area contributed by atoms with Crippen molar-refractivity contribution in [1.29, 1.82) is 0 Å². The summed E-state index contributed by atoms with van der Waals surface area (Å²) in [5.41, 5.74) is 3.58. The second-order valence-electron chi connectivity index (χ2n) is 7.56. The zero-order valence-corrected chi connectivity index (χ0v) is 19.2. The molecule has 1 heterocycles. The third-order valence-electron chi connectivity index (χ3n) is 4.68. The standard InChI is InChI=1S/C23H28N4OS2/c1-16(2)19-11-13-20(14-12-19)25-22-26-27-23(30-22)29-15-21(28)24-17(3)9-10-18-7-5-4-6-8-18/h4-8,11-14,16-17H,9-10,15H2,1-3H3,(H,24,28)(H,25,26). The van der Waals surface area contributed by atoms with E-state index >= 15 is 0 Å². The number of nitrogens with zero attached hydrogens (tertiary/aromatic N) is 2. The van der Waals surface area contributed by atoms with Gasteiger partial charge in [0.15, 0.2) is 4.34 Å². The number of carbonyl (C=O) groups excluding carboxylic acids is 1. The fraction of sp³-hybridized carbons (Fsp3) is 0.348. The van der Waals surface area contributed by atoms with E-state index in [1.54, 1.807) is 0 Å². The lowest BCUT2D eigenvalue weighted by atomic mass is 10.0. The minimum Gasteiger partial charge on any atom is -0.353 e. The first kappa shape index (κ1) is 22.3. The van der Waals surface area contributed by atoms with Crippen molar-refractivity contribution in [2.45, 2.75) is 49.9 Å². The molecule has 3 aromatic rings. The molecule has 0 spiro atoms. The molecule has 1 amide bonds. The normalized spacial score (nSPS) is 12.0. The van der Waals surface area contributed by atoms with E-state index < -0.39 is 0 Å². The summed E-state index contributed by atoms with van der Waals surface area (Å²) in [5.74, 6) is 0.873. The number of hydrogen-bond acceptors (Lipinski definition) is 6. The van der Waals surface area contributed by atoms with Crippen LogP contribution in [-0.4, -0.2) is 27.9 Å². The van der Waals surface area contributed by atoms with Gasteiger partial charge in [-0.05, 0) is 48.9 Å². The number of anilines is 2. The van der Waals surface area contributed by atoms with Crippen LogP contribution >= 0.6 is 23.1 Å². The summed E-state index contributed by atoms with van der Waals surface area (Å²) in [4.78, 5) is 12.2. The van der Waals surface area contributed by atoms with Crippen molar-refractivity contribution in [3.63, 3.8) is 0 Å². The first-order valence-corrected chi connectivity index (χ1v) is 12.0. The van der Waals surface area contributed by atoms with Crippen LogP contribution in [0.25, 0.3) is 0 Å². The van der Waals surface area contributed by atoms with Crippen molar-refractivity contribution >= 4 is 39.8 Å². The van der Waals surface area contributed by atoms with Gasteiger partial charge < -0.3 is 10.6 Å². The lowest BCUT2D eigenvalue weighted by Crippen LogP contribution is -2.34. The zero-order valence-electron chi connectivity index (χ0n) is 17.6. The van der Waals surface area contributed by atoms with Crippen LogP contribution in [0.1, 0.15) is 44.2 Å². The number of aryl methyl sites for hydroxylation is 1. The number of carbonyl (C=O) groups is 1. The Morgan fingerprint density at radius 3 is 2.47 bits per heavy atom. The molecular formula is C23H28N4OS2. The molecule has 0 aliphatic carbocycles. The summed E-state index contributed by atoms with van der Waals surface area (Å²) in [5, 5.41) is 15.4. The molecule has 2 N–H and O–H groups in total. The van der Waals surface area contributed by atoms with E-state index in [4.69, 9.17) is 0 Å². The highest BCUT2D eigenvalue weighted by Gasteiger charge is 2.11. The SMILES string of the molecule is CC(CCc1ccccc1)NC(=O)CSc1nnc(Nc2ccc(C(C)C)cc2)s1. The molecule has 1 atom stereocenters. The molecule has 0 aliphatic rings. The second-order valence-corrected chi connectivity index (χ2v) is 9.76. The molecule has 5 nitrogen and oxygen atoms in total. The van der Waals surface area contributed by atoms with Gasteiger partial charge in [-0.3, -0.25) is 4.79 Å². The van der Waals surface area contributed by atoms with Crippen molar-refractivity contribution in [3.8, 4) is 0 Å². The molecule has 1 aromatic heterocycles. The predicted molar refractivity (Wildman–Crippen MR) is 127 cm³/mol. The largest absolute Gasteiger partial charge is 0.353 e. The van der Waals surface area contributed by atoms with Crippen molar-refractivity contribution in [2.24, 2.45) is 0 Å². The summed E-state index contributed by atoms with van der Waals surface area (Å²) in [6.45, 7) is 6.40. The highest BCUT2D eigenvalue weighted by Crippen LogP contribution is 2.28. The van der Waals surface area contributed by atoms with E-state index in [0.717, 1.165) is 28.0 Å². The van der Waals surface area contributed by atoms with Crippen molar-refractivity contribution in [1.82, 2.24) is 15.5 Å². The van der Waals surface area contributed by atoms with Crippen LogP contribution in [0.15, 0.2) is 58.9 Å². The van der Waals surface area contributed by atoms with Crippen LogP contribution in [0.5, 0.6) is 0 Å². The smallest absolute Gasteiger partial charge is 0.230 e. The minimum absolute atomic E-state index is 0.0227. The van der Waals surface area contributed by atoms with Gasteiger partial charge in [-0.1, -0.05) is 79.4 Å². The highest BCUT2D eigenvalue weighted by atomic mass is 32.2. The van der Waals surface area contributed by atoms with Crippen LogP contribution in [0.3, 0.4) is 0 Å². The maximum absolute atomic E-state index is 12.2. The molecule has 3 rings (SSSR count). The van der Waals surface area contributed by atoms with Crippen molar-refractivity contribution in [3.05, 3.63) is 65.7 Å². The molecule has 0 fully saturated rings. The van der Waals surface area contributed by atoms with Gasteiger partial charge in [0.05, 0.1) is 5.75 Å². The van der Waals surface area contributed by atoms with Crippen molar-refractivity contribution in [2.75, 3.05) is 11.1 Å². The van der Waals surface area contributed by atoms with Gasteiger partial charge in [-0.2, -0.15) is 0 Å². The third-order valence-corrected chi connectivity index (χ3v) is 6.65. The number of rotatable bonds is 10. The highest BCUT2D eigenvalue weighted by molar-refractivity contribution is 8.01. The third kappa shape index (κ3) is 7.15. The Morgan fingerprint density at radius 2 is 1.77 bits per heavy atom. The van der Waals surface area contributed by atoms with Crippen LogP contribution in [0.2, 0.25) is 0 Å². The summed E-state index contributed by atoms with van der Waals surface area (Å²) < 4.78 is 0.781. The first-order valence-electron chi connectivity index (χ1n) is 10.2. The van der Waals surface area contributed by atoms with E-state index in [2.05, 4.69) is 58.9 Å². The van der Waals surface area contributed by atoms with E-state index in [-0.39, 0.29) is 11.9 Å². The van der Waals surface area contributed by atoms with Gasteiger partial charge in [0.1, 0.15) is 0 Å². The van der Waals surface area contributed by atoms with E-state index in [1.807, 2.05) is 37.3 Å². The molecule has 0 saturated heterocycles. The Hall–Kier alpha value is -2.38. The molecule has 30 heavy (non-hydrogen) atoms. The number of nitrogens with one attached hydrogen (secondary N) is 2. The van der Waals surface area contributed by atoms with Crippen LogP contribution in [0, 0.1) is 0 Å². The van der Waals surface area contributed by atoms with Gasteiger partial charge in [-0.15, -0.1) is 10.2 Å². The topological polar surface area (TPSA) is 66.9 Å². The van der Waals surface area contributed by atoms with Gasteiger partial charge in [-0.25, -0.2) is 0 Å². The number of amides is 1. The maximum atomic E-state index is 12.2. The monoisotopic (exact) mass is 440 g/mol. The van der Waals surface area contributed by atoms with Gasteiger partial charge in [0.25, 0.3) is 0 Å². The summed E-state index contributed by atoms with van der Waals surface area (Å²) in [7, 11) is 0. The van der Waals surface area contributed by atoms with E-state index in [1.165, 1.54) is 34.2 Å². The second kappa shape index (κ2) is 11.1. The molecule has 158 valence electrons. The summed E-state index contributed by atoms with van der Waals surface area (Å²) in [6, 6.07) is 18.8. The summed E-state index contributed by atoms with van der Waals surface area (Å²) >= 11 is 2.87. The number of thioether (sulfide) groups is 1. The first-order chi connectivity index (χ1) is 14.5. The Morgan fingerprint density at radius 1 is 1.03 bits per heavy atom. The van der Waals surface area contributed by atoms with E-state index in [9.17, 15) is 4.79 Å². The zero-order chi connectivity index (χ0) is 21.3. The Labute approximate surface area is 186 Å². The lowest BCUT2D eigenvalue weighted by Gasteiger charge is -2.13. The average molecular weight is 441 g/mol. The van der Waals surface area contributed by atoms with Crippen LogP contribution in [0.4, 0.5) is 10.8 Å². The molecule has 2 aromatic carbocycles. The molecule has 0 radical (unpaired) electrons. The van der Waals surface area contributed by atoms with Crippen molar-refractivity contribution < 1.29 is 4.79 Å². The minimum atomic E-state index is 0.0227. The molecule has 1 unspecified atom stereocenters. The van der Waals surface area contributed by atoms with Gasteiger partial charge in [0, 0.05) is 11.7 Å². The Balaban J connectivity index is 1.40. The fourth-order valence-corrected chi connectivity index (χ4v) is 4.52.